The Morgan fingerprint density at radius 1 is 1.32 bits per heavy atom. The molecule has 0 radical (unpaired) electrons. The minimum Gasteiger partial charge on any atom is -0.332 e. The first-order valence-electron chi connectivity index (χ1n) is 7.66. The summed E-state index contributed by atoms with van der Waals surface area (Å²) >= 11 is 7.89. The zero-order valence-electron chi connectivity index (χ0n) is 13.0. The SMILES string of the molecule is NCc1cc(-c2c(F)cc3c(=O)n(N)c(=O)n(C4CC4)c3c2Cl)cs1. The molecule has 0 bridgehead atoms. The molecule has 1 aliphatic carbocycles. The van der Waals surface area contributed by atoms with Gasteiger partial charge in [-0.05, 0) is 35.9 Å². The highest BCUT2D eigenvalue weighted by atomic mass is 35.5. The third-order valence-corrected chi connectivity index (χ3v) is 5.68. The first-order valence-corrected chi connectivity index (χ1v) is 8.92. The summed E-state index contributed by atoms with van der Waals surface area (Å²) in [5.74, 6) is 4.94. The molecule has 130 valence electrons. The van der Waals surface area contributed by atoms with E-state index < -0.39 is 17.1 Å². The van der Waals surface area contributed by atoms with E-state index in [2.05, 4.69) is 0 Å². The van der Waals surface area contributed by atoms with Crippen LogP contribution >= 0.6 is 22.9 Å². The number of nitrogens with two attached hydrogens (primary N) is 2. The predicted molar refractivity (Wildman–Crippen MR) is 97.1 cm³/mol. The Bertz CT molecular complexity index is 1130. The number of fused-ring (bicyclic) bond motifs is 1. The normalized spacial score (nSPS) is 14.4. The van der Waals surface area contributed by atoms with E-state index in [4.69, 9.17) is 23.2 Å². The van der Waals surface area contributed by atoms with Crippen LogP contribution in [0.2, 0.25) is 5.02 Å². The average molecular weight is 381 g/mol. The molecular formula is C16H14ClFN4O2S. The number of hydrogen-bond donors (Lipinski definition) is 2. The van der Waals surface area contributed by atoms with E-state index in [0.717, 1.165) is 23.8 Å². The predicted octanol–water partition coefficient (Wildman–Crippen LogP) is 2.19. The second-order valence-electron chi connectivity index (χ2n) is 6.01. The van der Waals surface area contributed by atoms with Crippen molar-refractivity contribution in [1.82, 2.24) is 9.24 Å². The van der Waals surface area contributed by atoms with Gasteiger partial charge >= 0.3 is 5.69 Å². The molecule has 0 saturated heterocycles. The van der Waals surface area contributed by atoms with Crippen molar-refractivity contribution < 1.29 is 4.39 Å². The minimum absolute atomic E-state index is 0.00507. The molecular weight excluding hydrogens is 367 g/mol. The van der Waals surface area contributed by atoms with Crippen LogP contribution in [0.15, 0.2) is 27.1 Å². The van der Waals surface area contributed by atoms with Crippen LogP contribution in [0.5, 0.6) is 0 Å². The number of thiophene rings is 1. The molecule has 0 spiro atoms. The van der Waals surface area contributed by atoms with Gasteiger partial charge in [-0.2, -0.15) is 4.68 Å². The van der Waals surface area contributed by atoms with Gasteiger partial charge in [-0.15, -0.1) is 11.3 Å². The number of aromatic nitrogens is 2. The molecule has 2 heterocycles. The maximum atomic E-state index is 14.8. The quantitative estimate of drug-likeness (QED) is 0.681. The van der Waals surface area contributed by atoms with Crippen LogP contribution in [-0.4, -0.2) is 9.24 Å². The molecule has 6 nitrogen and oxygen atoms in total. The number of benzene rings is 1. The van der Waals surface area contributed by atoms with Gasteiger partial charge in [-0.25, -0.2) is 9.18 Å². The summed E-state index contributed by atoms with van der Waals surface area (Å²) in [4.78, 5) is 25.7. The van der Waals surface area contributed by atoms with Gasteiger partial charge in [0.25, 0.3) is 5.56 Å². The summed E-state index contributed by atoms with van der Waals surface area (Å²) in [6.07, 6.45) is 1.57. The molecule has 0 aliphatic heterocycles. The molecule has 4 rings (SSSR count). The van der Waals surface area contributed by atoms with Crippen molar-refractivity contribution in [2.24, 2.45) is 5.73 Å². The van der Waals surface area contributed by atoms with Crippen LogP contribution in [-0.2, 0) is 6.54 Å². The first kappa shape index (κ1) is 16.3. The molecule has 0 amide bonds. The number of halogens is 2. The second-order valence-corrected chi connectivity index (χ2v) is 7.38. The fraction of sp³-hybridized carbons (Fsp3) is 0.250. The molecule has 0 unspecified atom stereocenters. The summed E-state index contributed by atoms with van der Waals surface area (Å²) in [6.45, 7) is 0.335. The molecule has 1 aliphatic rings. The van der Waals surface area contributed by atoms with E-state index in [1.807, 2.05) is 0 Å². The van der Waals surface area contributed by atoms with Crippen LogP contribution in [0, 0.1) is 5.82 Å². The molecule has 1 fully saturated rings. The number of nitrogen functional groups attached to an aromatic ring is 1. The standard InChI is InChI=1S/C16H14ClFN4O2S/c17-13-12(7-3-9(5-19)25-6-7)11(18)4-10-14(13)21(8-1-2-8)16(24)22(20)15(10)23/h3-4,6,8H,1-2,5,19-20H2. The van der Waals surface area contributed by atoms with Crippen LogP contribution in [0.25, 0.3) is 22.0 Å². The van der Waals surface area contributed by atoms with Gasteiger partial charge < -0.3 is 11.6 Å². The van der Waals surface area contributed by atoms with E-state index in [1.165, 1.54) is 15.9 Å². The fourth-order valence-electron chi connectivity index (χ4n) is 2.99. The van der Waals surface area contributed by atoms with Crippen LogP contribution in [0.3, 0.4) is 0 Å². The van der Waals surface area contributed by atoms with Gasteiger partial charge in [0.05, 0.1) is 15.9 Å². The highest BCUT2D eigenvalue weighted by molar-refractivity contribution is 7.10. The molecule has 9 heteroatoms. The number of hydrogen-bond acceptors (Lipinski definition) is 5. The largest absolute Gasteiger partial charge is 0.350 e. The van der Waals surface area contributed by atoms with Crippen LogP contribution < -0.4 is 22.8 Å². The third-order valence-electron chi connectivity index (χ3n) is 4.35. The van der Waals surface area contributed by atoms with E-state index in [0.29, 0.717) is 16.8 Å². The van der Waals surface area contributed by atoms with Gasteiger partial charge in [0, 0.05) is 23.0 Å². The van der Waals surface area contributed by atoms with Crippen molar-refractivity contribution in [2.45, 2.75) is 25.4 Å². The Hall–Kier alpha value is -2.16. The molecule has 2 aromatic heterocycles. The topological polar surface area (TPSA) is 96.0 Å². The van der Waals surface area contributed by atoms with Crippen molar-refractivity contribution in [1.29, 1.82) is 0 Å². The van der Waals surface area contributed by atoms with Crippen LogP contribution in [0.1, 0.15) is 23.8 Å². The Morgan fingerprint density at radius 2 is 2.04 bits per heavy atom. The lowest BCUT2D eigenvalue weighted by molar-refractivity contribution is 0.629. The van der Waals surface area contributed by atoms with E-state index >= 15 is 0 Å². The van der Waals surface area contributed by atoms with E-state index in [9.17, 15) is 14.0 Å². The Balaban J connectivity index is 2.14. The maximum Gasteiger partial charge on any atom is 0.350 e. The fourth-order valence-corrected chi connectivity index (χ4v) is 4.14. The van der Waals surface area contributed by atoms with Crippen molar-refractivity contribution in [3.8, 4) is 11.1 Å². The van der Waals surface area contributed by atoms with Gasteiger partial charge in [-0.3, -0.25) is 9.36 Å². The molecule has 0 atom stereocenters. The molecule has 3 aromatic rings. The van der Waals surface area contributed by atoms with Gasteiger partial charge in [0.15, 0.2) is 0 Å². The summed E-state index contributed by atoms with van der Waals surface area (Å²) in [5.41, 5.74) is 5.17. The Morgan fingerprint density at radius 3 is 2.64 bits per heavy atom. The van der Waals surface area contributed by atoms with Crippen molar-refractivity contribution in [3.63, 3.8) is 0 Å². The Labute approximate surface area is 150 Å². The summed E-state index contributed by atoms with van der Waals surface area (Å²) in [7, 11) is 0. The smallest absolute Gasteiger partial charge is 0.332 e. The summed E-state index contributed by atoms with van der Waals surface area (Å²) in [5, 5.41) is 1.79. The lowest BCUT2D eigenvalue weighted by Gasteiger charge is -2.15. The molecule has 1 aromatic carbocycles. The van der Waals surface area contributed by atoms with Gasteiger partial charge in [0.2, 0.25) is 0 Å². The highest BCUT2D eigenvalue weighted by Gasteiger charge is 2.30. The van der Waals surface area contributed by atoms with E-state index in [1.54, 1.807) is 11.4 Å². The lowest BCUT2D eigenvalue weighted by Crippen LogP contribution is -2.44. The van der Waals surface area contributed by atoms with Crippen molar-refractivity contribution >= 4 is 33.8 Å². The molecule has 25 heavy (non-hydrogen) atoms. The van der Waals surface area contributed by atoms with E-state index in [-0.39, 0.29) is 27.5 Å². The highest BCUT2D eigenvalue weighted by Crippen LogP contribution is 2.41. The van der Waals surface area contributed by atoms with Crippen molar-refractivity contribution in [2.75, 3.05) is 5.84 Å². The van der Waals surface area contributed by atoms with Gasteiger partial charge in [-0.1, -0.05) is 11.6 Å². The lowest BCUT2D eigenvalue weighted by atomic mass is 10.0. The molecule has 1 saturated carbocycles. The minimum atomic E-state index is -0.766. The summed E-state index contributed by atoms with van der Waals surface area (Å²) in [6, 6.07) is 2.77. The average Bonchev–Trinajstić information content (AvgIpc) is 3.31. The zero-order chi connectivity index (χ0) is 17.9. The van der Waals surface area contributed by atoms with Crippen molar-refractivity contribution in [3.05, 3.63) is 54.1 Å². The molecule has 4 N–H and O–H groups in total. The second kappa shape index (κ2) is 5.69. The third kappa shape index (κ3) is 2.40. The van der Waals surface area contributed by atoms with Gasteiger partial charge in [0.1, 0.15) is 5.82 Å². The number of nitrogens with zero attached hydrogens (tertiary/aromatic N) is 2. The zero-order valence-corrected chi connectivity index (χ0v) is 14.5. The monoisotopic (exact) mass is 380 g/mol. The van der Waals surface area contributed by atoms with Crippen LogP contribution in [0.4, 0.5) is 4.39 Å². The Kier molecular flexibility index (Phi) is 3.71. The maximum absolute atomic E-state index is 14.8. The first-order chi connectivity index (χ1) is 11.9. The summed E-state index contributed by atoms with van der Waals surface area (Å²) < 4.78 is 16.7. The number of rotatable bonds is 3.